The third-order valence-corrected chi connectivity index (χ3v) is 20.0. The van der Waals surface area contributed by atoms with Gasteiger partial charge >= 0.3 is 12.0 Å². The summed E-state index contributed by atoms with van der Waals surface area (Å²) in [7, 11) is 2.17. The number of nitrogens with one attached hydrogen (secondary N) is 2. The molecule has 0 unspecified atom stereocenters. The Morgan fingerprint density at radius 3 is 1.70 bits per heavy atom. The summed E-state index contributed by atoms with van der Waals surface area (Å²) in [5, 5.41) is 46.5. The van der Waals surface area contributed by atoms with Crippen molar-refractivity contribution in [2.75, 3.05) is 65.0 Å². The molecule has 0 radical (unpaired) electrons. The first-order chi connectivity index (χ1) is 37.6. The van der Waals surface area contributed by atoms with E-state index in [2.05, 4.69) is 80.7 Å². The lowest BCUT2D eigenvalue weighted by molar-refractivity contribution is -0.138. The van der Waals surface area contributed by atoms with E-state index in [1.807, 2.05) is 12.1 Å². The maximum absolute atomic E-state index is 12.7. The summed E-state index contributed by atoms with van der Waals surface area (Å²) in [5.41, 5.74) is 14.9. The van der Waals surface area contributed by atoms with Crippen LogP contribution in [0.3, 0.4) is 0 Å². The van der Waals surface area contributed by atoms with Crippen molar-refractivity contribution >= 4 is 17.7 Å². The van der Waals surface area contributed by atoms with E-state index in [0.29, 0.717) is 47.6 Å². The molecule has 0 spiro atoms. The van der Waals surface area contributed by atoms with E-state index in [9.17, 15) is 30.0 Å². The number of likely N-dealkylation sites (tertiary alicyclic amines) is 1. The van der Waals surface area contributed by atoms with Gasteiger partial charge in [0, 0.05) is 57.5 Å². The number of nitrogens with zero attached hydrogens (tertiary/aromatic N) is 3. The molecule has 4 fully saturated rings. The van der Waals surface area contributed by atoms with Crippen LogP contribution in [-0.4, -0.2) is 119 Å². The summed E-state index contributed by atoms with van der Waals surface area (Å²) in [6, 6.07) is 7.04. The van der Waals surface area contributed by atoms with Crippen molar-refractivity contribution in [3.63, 3.8) is 0 Å². The van der Waals surface area contributed by atoms with Crippen molar-refractivity contribution in [2.45, 2.75) is 183 Å². The molecule has 79 heavy (non-hydrogen) atoms. The smallest absolute Gasteiger partial charge is 0.319 e. The van der Waals surface area contributed by atoms with Crippen LogP contribution in [0.1, 0.15) is 170 Å². The van der Waals surface area contributed by atoms with Gasteiger partial charge in [-0.05, 0) is 224 Å². The molecule has 8 N–H and O–H groups in total. The Morgan fingerprint density at radius 1 is 0.747 bits per heavy atom. The molecule has 442 valence electrons. The van der Waals surface area contributed by atoms with Gasteiger partial charge in [-0.2, -0.15) is 0 Å². The standard InChI is InChI=1S/C26H39N3O3.C20H35NO2.C10H11NO2.C5H11N.C4H8O/c1-25(2)10-9-20-21(15-28-24(32)29-18-5-4-12-27-14-18)23(7-6-22(20)25)26(3)11-8-19(31)13-17(26)16-30;1-19(2)8-7-15-16(11-21)18(5-4-17(15)19)20(3)9-6-14(23)10-13(20)12-22;1-8(2)13-10(12)6-9-4-3-5-11-7-9;1-6-4-2-3-5-6;1-2-4-5-3-1/h4-5,12,14,17,19,21,23,30-31H,6-11,13,15-16H2,1-3H3,(H2,28,29,32);13-14,16,18,22-23H,4-12,21H2,1-3H3;3-5,7H,1,6H2,2H3;2-5H2,1H3;1-4H2/t17-,19+,21+,23+,26+;13-,14+,16+,18+,20+;;;/m11.../s1. The average Bonchev–Trinajstić information content (AvgIpc) is 4.49. The lowest BCUT2D eigenvalue weighted by Gasteiger charge is -2.52. The molecule has 10 atom stereocenters. The molecule has 10 rings (SSSR count). The van der Waals surface area contributed by atoms with Crippen LogP contribution in [0, 0.1) is 57.2 Å². The normalized spacial score (nSPS) is 31.5. The molecular weight excluding hydrogens is 993 g/mol. The number of rotatable bonds is 11. The SMILES string of the molecule is C1CCOC1.C=C(C)OC(=O)Cc1cccnc1.CC1(C)CCC2=C1CC[C@H]([C@@]1(C)CC[C@H](O)C[C@@H]1CO)[C@H]2CN.CC1(C)CCC2=C1CC[C@H]([C@@]1(C)CC[C@H](O)C[C@@H]1CO)[C@H]2CNC(=O)Nc1cccnc1.CN1CCCC1. The minimum absolute atomic E-state index is 0.0363. The van der Waals surface area contributed by atoms with Crippen LogP contribution >= 0.6 is 0 Å². The van der Waals surface area contributed by atoms with Crippen molar-refractivity contribution < 1.29 is 39.5 Å². The van der Waals surface area contributed by atoms with Crippen molar-refractivity contribution in [3.05, 3.63) is 89.2 Å². The lowest BCUT2D eigenvalue weighted by atomic mass is 9.53. The third kappa shape index (κ3) is 17.3. The molecule has 14 nitrogen and oxygen atoms in total. The van der Waals surface area contributed by atoms with E-state index >= 15 is 0 Å². The number of urea groups is 1. The summed E-state index contributed by atoms with van der Waals surface area (Å²) in [4.78, 5) is 34.1. The number of aliphatic hydroxyl groups excluding tert-OH is 4. The van der Waals surface area contributed by atoms with Crippen LogP contribution in [0.25, 0.3) is 0 Å². The van der Waals surface area contributed by atoms with Crippen LogP contribution in [0.15, 0.2) is 83.7 Å². The van der Waals surface area contributed by atoms with Crippen LogP contribution in [0.4, 0.5) is 10.5 Å². The summed E-state index contributed by atoms with van der Waals surface area (Å²) >= 11 is 0. The fourth-order valence-electron chi connectivity index (χ4n) is 15.3. The van der Waals surface area contributed by atoms with Gasteiger partial charge in [0.15, 0.2) is 0 Å². The summed E-state index contributed by atoms with van der Waals surface area (Å²) in [6.07, 6.45) is 26.1. The first-order valence-corrected chi connectivity index (χ1v) is 30.3. The molecule has 2 amide bonds. The third-order valence-electron chi connectivity index (χ3n) is 20.0. The Balaban J connectivity index is 0.000000185. The Morgan fingerprint density at radius 2 is 1.27 bits per heavy atom. The molecule has 0 bridgehead atoms. The van der Waals surface area contributed by atoms with Gasteiger partial charge in [0.2, 0.25) is 0 Å². The second kappa shape index (κ2) is 29.8. The van der Waals surface area contributed by atoms with Gasteiger partial charge in [-0.3, -0.25) is 14.8 Å². The number of pyridine rings is 2. The number of nitrogens with two attached hydrogens (primary N) is 1. The Bertz CT molecular complexity index is 2290. The van der Waals surface area contributed by atoms with E-state index in [1.165, 1.54) is 76.5 Å². The zero-order valence-electron chi connectivity index (χ0n) is 49.9. The molecule has 2 aromatic rings. The van der Waals surface area contributed by atoms with Gasteiger partial charge < -0.3 is 51.2 Å². The number of anilines is 1. The lowest BCUT2D eigenvalue weighted by Crippen LogP contribution is -2.49. The fraction of sp³-hybridized carbons (Fsp3) is 0.723. The van der Waals surface area contributed by atoms with Crippen LogP contribution in [0.5, 0.6) is 0 Å². The molecule has 2 aliphatic heterocycles. The molecule has 8 aliphatic rings. The summed E-state index contributed by atoms with van der Waals surface area (Å²) in [5.74, 6) is 2.11. The Hall–Kier alpha value is -4.02. The molecule has 2 aromatic heterocycles. The number of allylic oxidation sites excluding steroid dienone is 3. The van der Waals surface area contributed by atoms with Gasteiger partial charge in [-0.1, -0.05) is 76.5 Å². The maximum atomic E-state index is 12.7. The number of ether oxygens (including phenoxy) is 2. The van der Waals surface area contributed by atoms with Gasteiger partial charge in [0.1, 0.15) is 0 Å². The Kier molecular flexibility index (Phi) is 24.2. The highest BCUT2D eigenvalue weighted by atomic mass is 16.5. The highest BCUT2D eigenvalue weighted by molar-refractivity contribution is 5.89. The average molecular weight is 1100 g/mol. The van der Waals surface area contributed by atoms with Crippen molar-refractivity contribution in [1.29, 1.82) is 0 Å². The minimum atomic E-state index is -0.314. The maximum Gasteiger partial charge on any atom is 0.319 e. The quantitative estimate of drug-likeness (QED) is 0.0636. The van der Waals surface area contributed by atoms with Crippen LogP contribution in [0.2, 0.25) is 0 Å². The monoisotopic (exact) mass is 1100 g/mol. The highest BCUT2D eigenvalue weighted by Gasteiger charge is 2.53. The number of aromatic nitrogens is 2. The number of hydrogen-bond acceptors (Lipinski definition) is 12. The number of hydrogen-bond donors (Lipinski definition) is 7. The number of carbonyl (C=O) groups excluding carboxylic acids is 2. The predicted molar refractivity (Wildman–Crippen MR) is 316 cm³/mol. The molecular formula is C65H104N6O8. The van der Waals surface area contributed by atoms with Crippen LogP contribution in [-0.2, 0) is 20.7 Å². The number of aliphatic hydroxyl groups is 4. The van der Waals surface area contributed by atoms with Crippen molar-refractivity contribution in [1.82, 2.24) is 20.2 Å². The van der Waals surface area contributed by atoms with Crippen molar-refractivity contribution in [2.24, 2.45) is 62.9 Å². The Labute approximate surface area is 475 Å². The van der Waals surface area contributed by atoms with Crippen molar-refractivity contribution in [3.8, 4) is 0 Å². The van der Waals surface area contributed by atoms with Gasteiger partial charge in [0.25, 0.3) is 0 Å². The van der Waals surface area contributed by atoms with E-state index < -0.39 is 0 Å². The summed E-state index contributed by atoms with van der Waals surface area (Å²) < 4.78 is 9.74. The molecule has 4 heterocycles. The summed E-state index contributed by atoms with van der Waals surface area (Å²) in [6.45, 7) is 25.6. The second-order valence-electron chi connectivity index (χ2n) is 26.3. The predicted octanol–water partition coefficient (Wildman–Crippen LogP) is 11.0. The molecule has 14 heteroatoms. The molecule has 2 saturated carbocycles. The largest absolute Gasteiger partial charge is 0.432 e. The van der Waals surface area contributed by atoms with E-state index in [0.717, 1.165) is 76.7 Å². The highest BCUT2D eigenvalue weighted by Crippen LogP contribution is 2.61. The van der Waals surface area contributed by atoms with E-state index in [4.69, 9.17) is 15.2 Å². The number of amides is 2. The minimum Gasteiger partial charge on any atom is -0.432 e. The molecule has 6 aliphatic carbocycles. The molecule has 2 saturated heterocycles. The van der Waals surface area contributed by atoms with Gasteiger partial charge in [-0.15, -0.1) is 0 Å². The fourth-order valence-corrected chi connectivity index (χ4v) is 15.3. The van der Waals surface area contributed by atoms with Gasteiger partial charge in [-0.25, -0.2) is 4.79 Å². The number of carbonyl (C=O) groups is 2. The first kappa shape index (κ1) is 64.2. The molecule has 0 aromatic carbocycles. The van der Waals surface area contributed by atoms with Gasteiger partial charge in [0.05, 0.1) is 36.3 Å². The topological polar surface area (TPSA) is 213 Å². The zero-order valence-corrected chi connectivity index (χ0v) is 49.9. The zero-order chi connectivity index (χ0) is 57.4. The second-order valence-corrected chi connectivity index (χ2v) is 26.3. The van der Waals surface area contributed by atoms with E-state index in [1.54, 1.807) is 60.6 Å². The number of esters is 1. The van der Waals surface area contributed by atoms with E-state index in [-0.39, 0.29) is 77.8 Å². The van der Waals surface area contributed by atoms with Crippen LogP contribution < -0.4 is 16.4 Å². The first-order valence-electron chi connectivity index (χ1n) is 30.3.